The number of nitrogens with one attached hydrogen (secondary N) is 2. The predicted octanol–water partition coefficient (Wildman–Crippen LogP) is 2.49. The van der Waals surface area contributed by atoms with E-state index >= 15 is 0 Å². The second-order valence-electron chi connectivity index (χ2n) is 5.84. The summed E-state index contributed by atoms with van der Waals surface area (Å²) in [6.45, 7) is 2.04. The van der Waals surface area contributed by atoms with Crippen LogP contribution in [0.4, 0.5) is 9.18 Å². The summed E-state index contributed by atoms with van der Waals surface area (Å²) in [5.74, 6) is 0.00341. The molecule has 11 heteroatoms. The lowest BCUT2D eigenvalue weighted by molar-refractivity contribution is 0.191. The van der Waals surface area contributed by atoms with Gasteiger partial charge in [0.05, 0.1) is 24.3 Å². The number of aryl methyl sites for hydroxylation is 1. The maximum Gasteiger partial charge on any atom is 0.404 e. The molecule has 4 aromatic heterocycles. The fourth-order valence-corrected chi connectivity index (χ4v) is 2.78. The molecule has 4 heterocycles. The van der Waals surface area contributed by atoms with Crippen LogP contribution >= 0.6 is 0 Å². The van der Waals surface area contributed by atoms with Crippen LogP contribution in [-0.2, 0) is 0 Å². The molecule has 4 aromatic rings. The Morgan fingerprint density at radius 1 is 1.39 bits per heavy atom. The van der Waals surface area contributed by atoms with Gasteiger partial charge in [-0.2, -0.15) is 10.1 Å². The molecule has 0 saturated carbocycles. The summed E-state index contributed by atoms with van der Waals surface area (Å²) in [5, 5.41) is 15.2. The lowest BCUT2D eigenvalue weighted by Crippen LogP contribution is -2.26. The van der Waals surface area contributed by atoms with Gasteiger partial charge in [0.25, 0.3) is 0 Å². The van der Waals surface area contributed by atoms with Gasteiger partial charge >= 0.3 is 6.09 Å². The van der Waals surface area contributed by atoms with E-state index in [1.165, 1.54) is 17.0 Å². The Hall–Kier alpha value is -3.89. The van der Waals surface area contributed by atoms with Crippen LogP contribution in [0.1, 0.15) is 5.56 Å². The average Bonchev–Trinajstić information content (AvgIpc) is 3.27. The standard InChI is InChI=1S/C17H15FN6O4/c1-9-12(27-5-4-20-17(25)26)7-24-14(9)16(22-8-23-24)28-11-6-21-15-10(13(11)18)2-3-19-15/h2-3,6-8,20H,4-5H2,1H3,(H,19,21)(H,25,26). The monoisotopic (exact) mass is 386 g/mol. The van der Waals surface area contributed by atoms with Gasteiger partial charge in [-0.05, 0) is 13.0 Å². The third-order valence-electron chi connectivity index (χ3n) is 4.08. The highest BCUT2D eigenvalue weighted by Gasteiger charge is 2.18. The molecule has 4 rings (SSSR count). The molecular formula is C17H15FN6O4. The molecule has 0 radical (unpaired) electrons. The first-order chi connectivity index (χ1) is 13.5. The minimum Gasteiger partial charge on any atom is -0.490 e. The summed E-state index contributed by atoms with van der Waals surface area (Å²) in [6, 6.07) is 1.57. The number of fused-ring (bicyclic) bond motifs is 2. The van der Waals surface area contributed by atoms with Gasteiger partial charge in [0.15, 0.2) is 11.6 Å². The van der Waals surface area contributed by atoms with Crippen molar-refractivity contribution >= 4 is 22.6 Å². The zero-order valence-corrected chi connectivity index (χ0v) is 14.6. The third kappa shape index (κ3) is 3.13. The Morgan fingerprint density at radius 3 is 3.07 bits per heavy atom. The average molecular weight is 386 g/mol. The molecule has 144 valence electrons. The maximum absolute atomic E-state index is 14.6. The van der Waals surface area contributed by atoms with Crippen molar-refractivity contribution in [1.82, 2.24) is 29.9 Å². The van der Waals surface area contributed by atoms with Crippen LogP contribution in [0.2, 0.25) is 0 Å². The van der Waals surface area contributed by atoms with Crippen LogP contribution in [0.5, 0.6) is 17.4 Å². The normalized spacial score (nSPS) is 11.1. The number of carbonyl (C=O) groups is 1. The van der Waals surface area contributed by atoms with E-state index in [0.29, 0.717) is 27.9 Å². The van der Waals surface area contributed by atoms with E-state index < -0.39 is 11.9 Å². The molecule has 0 spiro atoms. The topological polar surface area (TPSA) is 127 Å². The predicted molar refractivity (Wildman–Crippen MR) is 95.4 cm³/mol. The SMILES string of the molecule is Cc1c(OCCNC(=O)O)cn2ncnc(Oc3cnc4[nH]ccc4c3F)c12. The highest BCUT2D eigenvalue weighted by atomic mass is 19.1. The van der Waals surface area contributed by atoms with Gasteiger partial charge in [0.1, 0.15) is 29.8 Å². The van der Waals surface area contributed by atoms with Crippen molar-refractivity contribution in [2.75, 3.05) is 13.2 Å². The van der Waals surface area contributed by atoms with Gasteiger partial charge in [0.2, 0.25) is 5.88 Å². The lowest BCUT2D eigenvalue weighted by Gasteiger charge is -2.08. The first-order valence-corrected chi connectivity index (χ1v) is 8.26. The Labute approximate surface area is 156 Å². The van der Waals surface area contributed by atoms with E-state index in [1.807, 2.05) is 0 Å². The van der Waals surface area contributed by atoms with E-state index in [-0.39, 0.29) is 24.8 Å². The second kappa shape index (κ2) is 7.02. The summed E-state index contributed by atoms with van der Waals surface area (Å²) < 4.78 is 27.4. The molecule has 1 amide bonds. The number of amides is 1. The first kappa shape index (κ1) is 17.5. The number of pyridine rings is 1. The summed E-state index contributed by atoms with van der Waals surface area (Å²) in [7, 11) is 0. The molecule has 0 aliphatic heterocycles. The fraction of sp³-hybridized carbons (Fsp3) is 0.176. The van der Waals surface area contributed by atoms with Crippen molar-refractivity contribution < 1.29 is 23.8 Å². The summed E-state index contributed by atoms with van der Waals surface area (Å²) in [5.41, 5.74) is 1.58. The molecular weight excluding hydrogens is 371 g/mol. The van der Waals surface area contributed by atoms with Crippen LogP contribution < -0.4 is 14.8 Å². The van der Waals surface area contributed by atoms with Crippen LogP contribution in [0, 0.1) is 12.7 Å². The third-order valence-corrected chi connectivity index (χ3v) is 4.08. The molecule has 0 bridgehead atoms. The van der Waals surface area contributed by atoms with Crippen molar-refractivity contribution in [1.29, 1.82) is 0 Å². The second-order valence-corrected chi connectivity index (χ2v) is 5.84. The van der Waals surface area contributed by atoms with E-state index in [9.17, 15) is 9.18 Å². The molecule has 0 fully saturated rings. The van der Waals surface area contributed by atoms with Crippen molar-refractivity contribution in [3.8, 4) is 17.4 Å². The molecule has 10 nitrogen and oxygen atoms in total. The van der Waals surface area contributed by atoms with Crippen molar-refractivity contribution in [3.63, 3.8) is 0 Å². The van der Waals surface area contributed by atoms with Gasteiger partial charge in [-0.15, -0.1) is 0 Å². The highest BCUT2D eigenvalue weighted by Crippen LogP contribution is 2.33. The summed E-state index contributed by atoms with van der Waals surface area (Å²) in [6.07, 6.45) is 4.63. The number of carboxylic acid groups (broad SMARTS) is 1. The van der Waals surface area contributed by atoms with Gasteiger partial charge in [-0.1, -0.05) is 0 Å². The molecule has 0 atom stereocenters. The number of hydrogen-bond donors (Lipinski definition) is 3. The van der Waals surface area contributed by atoms with Crippen LogP contribution in [0.3, 0.4) is 0 Å². The summed E-state index contributed by atoms with van der Waals surface area (Å²) >= 11 is 0. The Bertz CT molecular complexity index is 1170. The Balaban J connectivity index is 1.63. The highest BCUT2D eigenvalue weighted by molar-refractivity contribution is 5.78. The van der Waals surface area contributed by atoms with Gasteiger partial charge in [0, 0.05) is 11.8 Å². The maximum atomic E-state index is 14.6. The van der Waals surface area contributed by atoms with E-state index in [1.54, 1.807) is 25.4 Å². The lowest BCUT2D eigenvalue weighted by atomic mass is 10.3. The number of aromatic amines is 1. The zero-order valence-electron chi connectivity index (χ0n) is 14.6. The Morgan fingerprint density at radius 2 is 2.25 bits per heavy atom. The fourth-order valence-electron chi connectivity index (χ4n) is 2.78. The van der Waals surface area contributed by atoms with Crippen molar-refractivity contribution in [3.05, 3.63) is 42.4 Å². The Kier molecular flexibility index (Phi) is 4.39. The van der Waals surface area contributed by atoms with E-state index in [0.717, 1.165) is 0 Å². The van der Waals surface area contributed by atoms with Crippen LogP contribution in [-0.4, -0.2) is 48.9 Å². The largest absolute Gasteiger partial charge is 0.490 e. The molecule has 0 aromatic carbocycles. The number of nitrogens with zero attached hydrogens (tertiary/aromatic N) is 4. The number of H-pyrrole nitrogens is 1. The van der Waals surface area contributed by atoms with Crippen LogP contribution in [0.25, 0.3) is 16.6 Å². The minimum atomic E-state index is -1.13. The number of ether oxygens (including phenoxy) is 2. The molecule has 0 aliphatic rings. The molecule has 0 aliphatic carbocycles. The summed E-state index contributed by atoms with van der Waals surface area (Å²) in [4.78, 5) is 21.5. The first-order valence-electron chi connectivity index (χ1n) is 8.26. The van der Waals surface area contributed by atoms with Gasteiger partial charge in [-0.25, -0.2) is 18.7 Å². The van der Waals surface area contributed by atoms with Crippen molar-refractivity contribution in [2.24, 2.45) is 0 Å². The molecule has 0 unspecified atom stereocenters. The number of hydrogen-bond acceptors (Lipinski definition) is 6. The van der Waals surface area contributed by atoms with Gasteiger partial charge in [-0.3, -0.25) is 0 Å². The van der Waals surface area contributed by atoms with E-state index in [2.05, 4.69) is 25.4 Å². The molecule has 28 heavy (non-hydrogen) atoms. The smallest absolute Gasteiger partial charge is 0.404 e. The number of halogens is 1. The zero-order chi connectivity index (χ0) is 19.7. The number of rotatable bonds is 6. The van der Waals surface area contributed by atoms with Crippen LogP contribution in [0.15, 0.2) is 31.0 Å². The van der Waals surface area contributed by atoms with Gasteiger partial charge < -0.3 is 24.9 Å². The van der Waals surface area contributed by atoms with Crippen molar-refractivity contribution in [2.45, 2.75) is 6.92 Å². The number of aromatic nitrogens is 5. The minimum absolute atomic E-state index is 0.0681. The van der Waals surface area contributed by atoms with E-state index in [4.69, 9.17) is 14.6 Å². The quantitative estimate of drug-likeness (QED) is 0.435. The molecule has 0 saturated heterocycles. The molecule has 3 N–H and O–H groups in total.